The lowest BCUT2D eigenvalue weighted by atomic mass is 10.0. The van der Waals surface area contributed by atoms with Gasteiger partial charge >= 0.3 is 0 Å². The van der Waals surface area contributed by atoms with Crippen molar-refractivity contribution in [2.24, 2.45) is 0 Å². The standard InChI is InChI=1S/C20H24N2O3/c1-24-16-10-11-19(25-2)17(13-16)18-9-6-12-22(18)14-20(23)21-15-7-4-3-5-8-15/h3-5,7-8,10-11,13,18H,6,9,12,14H2,1-2H3,(H,21,23)/t18-/m0/s1. The van der Waals surface area contributed by atoms with Gasteiger partial charge in [-0.2, -0.15) is 0 Å². The summed E-state index contributed by atoms with van der Waals surface area (Å²) in [6, 6.07) is 15.5. The second kappa shape index (κ2) is 8.03. The van der Waals surface area contributed by atoms with Crippen LogP contribution in [0.25, 0.3) is 0 Å². The van der Waals surface area contributed by atoms with Gasteiger partial charge in [0.2, 0.25) is 5.91 Å². The molecule has 0 bridgehead atoms. The zero-order valence-corrected chi connectivity index (χ0v) is 14.7. The number of anilines is 1. The number of amides is 1. The van der Waals surface area contributed by atoms with E-state index in [4.69, 9.17) is 9.47 Å². The largest absolute Gasteiger partial charge is 0.497 e. The van der Waals surface area contributed by atoms with Crippen LogP contribution in [0.15, 0.2) is 48.5 Å². The van der Waals surface area contributed by atoms with E-state index in [2.05, 4.69) is 10.2 Å². The number of hydrogen-bond donors (Lipinski definition) is 1. The predicted molar refractivity (Wildman–Crippen MR) is 98.2 cm³/mol. The van der Waals surface area contributed by atoms with Gasteiger partial charge in [0.05, 0.1) is 20.8 Å². The van der Waals surface area contributed by atoms with Crippen LogP contribution in [0.2, 0.25) is 0 Å². The van der Waals surface area contributed by atoms with Crippen molar-refractivity contribution in [3.05, 3.63) is 54.1 Å². The number of methoxy groups -OCH3 is 2. The molecule has 2 aromatic carbocycles. The molecule has 3 rings (SSSR count). The molecule has 25 heavy (non-hydrogen) atoms. The molecule has 0 aliphatic carbocycles. The highest BCUT2D eigenvalue weighted by Gasteiger charge is 2.30. The molecule has 1 N–H and O–H groups in total. The Bertz CT molecular complexity index is 718. The second-order valence-corrected chi connectivity index (χ2v) is 6.15. The Balaban J connectivity index is 1.73. The van der Waals surface area contributed by atoms with Gasteiger partial charge in [-0.15, -0.1) is 0 Å². The maximum atomic E-state index is 12.4. The van der Waals surface area contributed by atoms with E-state index in [1.165, 1.54) is 0 Å². The number of nitrogens with one attached hydrogen (secondary N) is 1. The summed E-state index contributed by atoms with van der Waals surface area (Å²) in [7, 11) is 3.33. The number of carbonyl (C=O) groups is 1. The topological polar surface area (TPSA) is 50.8 Å². The van der Waals surface area contributed by atoms with Gasteiger partial charge in [-0.1, -0.05) is 18.2 Å². The Morgan fingerprint density at radius 1 is 1.16 bits per heavy atom. The highest BCUT2D eigenvalue weighted by atomic mass is 16.5. The van der Waals surface area contributed by atoms with Crippen molar-refractivity contribution in [2.75, 3.05) is 32.6 Å². The van der Waals surface area contributed by atoms with Gasteiger partial charge in [0.15, 0.2) is 0 Å². The number of ether oxygens (including phenoxy) is 2. The average Bonchev–Trinajstić information content (AvgIpc) is 3.09. The molecule has 0 saturated carbocycles. The fraction of sp³-hybridized carbons (Fsp3) is 0.350. The van der Waals surface area contributed by atoms with Gasteiger partial charge in [0, 0.05) is 17.3 Å². The van der Waals surface area contributed by atoms with Gasteiger partial charge in [-0.25, -0.2) is 0 Å². The van der Waals surface area contributed by atoms with Crippen LogP contribution in [-0.2, 0) is 4.79 Å². The first kappa shape index (κ1) is 17.3. The summed E-state index contributed by atoms with van der Waals surface area (Å²) >= 11 is 0. The van der Waals surface area contributed by atoms with Crippen LogP contribution in [0.1, 0.15) is 24.4 Å². The van der Waals surface area contributed by atoms with E-state index in [1.807, 2.05) is 48.5 Å². The zero-order chi connectivity index (χ0) is 17.6. The number of benzene rings is 2. The number of rotatable bonds is 6. The zero-order valence-electron chi connectivity index (χ0n) is 14.7. The van der Waals surface area contributed by atoms with Crippen molar-refractivity contribution in [3.63, 3.8) is 0 Å². The van der Waals surface area contributed by atoms with Crippen molar-refractivity contribution in [3.8, 4) is 11.5 Å². The molecule has 1 amide bonds. The molecule has 1 heterocycles. The molecule has 1 saturated heterocycles. The first-order chi connectivity index (χ1) is 12.2. The minimum atomic E-state index is -0.0000343. The molecule has 0 radical (unpaired) electrons. The van der Waals surface area contributed by atoms with Crippen LogP contribution in [0.4, 0.5) is 5.69 Å². The molecule has 2 aromatic rings. The van der Waals surface area contributed by atoms with Crippen LogP contribution in [0.3, 0.4) is 0 Å². The molecular formula is C20H24N2O3. The number of hydrogen-bond acceptors (Lipinski definition) is 4. The van der Waals surface area contributed by atoms with Gasteiger partial charge in [0.1, 0.15) is 11.5 Å². The summed E-state index contributed by atoms with van der Waals surface area (Å²) in [5.74, 6) is 1.64. The van der Waals surface area contributed by atoms with E-state index in [1.54, 1.807) is 14.2 Å². The maximum Gasteiger partial charge on any atom is 0.238 e. The third-order valence-electron chi connectivity index (χ3n) is 4.56. The first-order valence-corrected chi connectivity index (χ1v) is 8.52. The van der Waals surface area contributed by atoms with Gasteiger partial charge in [-0.3, -0.25) is 9.69 Å². The summed E-state index contributed by atoms with van der Waals surface area (Å²) in [5.41, 5.74) is 1.90. The minimum Gasteiger partial charge on any atom is -0.497 e. The van der Waals surface area contributed by atoms with E-state index in [9.17, 15) is 4.79 Å². The normalized spacial score (nSPS) is 17.3. The van der Waals surface area contributed by atoms with Crippen LogP contribution in [-0.4, -0.2) is 38.1 Å². The third-order valence-corrected chi connectivity index (χ3v) is 4.56. The molecule has 0 aromatic heterocycles. The Morgan fingerprint density at radius 2 is 1.96 bits per heavy atom. The lowest BCUT2D eigenvalue weighted by Gasteiger charge is -2.26. The highest BCUT2D eigenvalue weighted by Crippen LogP contribution is 2.38. The van der Waals surface area contributed by atoms with E-state index in [0.717, 1.165) is 42.1 Å². The van der Waals surface area contributed by atoms with Crippen molar-refractivity contribution in [2.45, 2.75) is 18.9 Å². The molecule has 1 aliphatic heterocycles. The van der Waals surface area contributed by atoms with Crippen LogP contribution in [0.5, 0.6) is 11.5 Å². The molecule has 5 nitrogen and oxygen atoms in total. The number of nitrogens with zero attached hydrogens (tertiary/aromatic N) is 1. The van der Waals surface area contributed by atoms with Gasteiger partial charge in [0.25, 0.3) is 0 Å². The second-order valence-electron chi connectivity index (χ2n) is 6.15. The highest BCUT2D eigenvalue weighted by molar-refractivity contribution is 5.92. The monoisotopic (exact) mass is 340 g/mol. The predicted octanol–water partition coefficient (Wildman–Crippen LogP) is 3.48. The van der Waals surface area contributed by atoms with E-state index in [0.29, 0.717) is 6.54 Å². The maximum absolute atomic E-state index is 12.4. The molecule has 1 atom stereocenters. The van der Waals surface area contributed by atoms with Crippen LogP contribution >= 0.6 is 0 Å². The SMILES string of the molecule is COc1ccc(OC)c([C@@H]2CCCN2CC(=O)Nc2ccccc2)c1. The molecular weight excluding hydrogens is 316 g/mol. The summed E-state index contributed by atoms with van der Waals surface area (Å²) in [5, 5.41) is 2.96. The average molecular weight is 340 g/mol. The number of para-hydroxylation sites is 1. The number of likely N-dealkylation sites (tertiary alicyclic amines) is 1. The van der Waals surface area contributed by atoms with Crippen molar-refractivity contribution in [1.82, 2.24) is 4.90 Å². The van der Waals surface area contributed by atoms with Crippen LogP contribution < -0.4 is 14.8 Å². The molecule has 132 valence electrons. The fourth-order valence-electron chi connectivity index (χ4n) is 3.37. The van der Waals surface area contributed by atoms with E-state index >= 15 is 0 Å². The molecule has 1 fully saturated rings. The Hall–Kier alpha value is -2.53. The molecule has 1 aliphatic rings. The quantitative estimate of drug-likeness (QED) is 0.875. The Labute approximate surface area is 148 Å². The Morgan fingerprint density at radius 3 is 2.68 bits per heavy atom. The number of carbonyl (C=O) groups excluding carboxylic acids is 1. The van der Waals surface area contributed by atoms with E-state index < -0.39 is 0 Å². The smallest absolute Gasteiger partial charge is 0.238 e. The Kier molecular flexibility index (Phi) is 5.56. The third kappa shape index (κ3) is 4.12. The van der Waals surface area contributed by atoms with Crippen molar-refractivity contribution < 1.29 is 14.3 Å². The van der Waals surface area contributed by atoms with Crippen molar-refractivity contribution in [1.29, 1.82) is 0 Å². The van der Waals surface area contributed by atoms with Crippen molar-refractivity contribution >= 4 is 11.6 Å². The summed E-state index contributed by atoms with van der Waals surface area (Å²) in [6.07, 6.45) is 2.06. The molecule has 0 spiro atoms. The molecule has 0 unspecified atom stereocenters. The summed E-state index contributed by atoms with van der Waals surface area (Å²) in [6.45, 7) is 1.26. The lowest BCUT2D eigenvalue weighted by Crippen LogP contribution is -2.33. The summed E-state index contributed by atoms with van der Waals surface area (Å²) < 4.78 is 10.9. The van der Waals surface area contributed by atoms with Crippen LogP contribution in [0, 0.1) is 0 Å². The fourth-order valence-corrected chi connectivity index (χ4v) is 3.37. The molecule has 5 heteroatoms. The van der Waals surface area contributed by atoms with Gasteiger partial charge < -0.3 is 14.8 Å². The minimum absolute atomic E-state index is 0.0000343. The first-order valence-electron chi connectivity index (χ1n) is 8.52. The summed E-state index contributed by atoms with van der Waals surface area (Å²) in [4.78, 5) is 14.6. The lowest BCUT2D eigenvalue weighted by molar-refractivity contribution is -0.117. The van der Waals surface area contributed by atoms with E-state index in [-0.39, 0.29) is 11.9 Å². The van der Waals surface area contributed by atoms with Gasteiger partial charge in [-0.05, 0) is 49.7 Å².